The van der Waals surface area contributed by atoms with Crippen molar-refractivity contribution in [2.75, 3.05) is 16.4 Å². The van der Waals surface area contributed by atoms with Gasteiger partial charge in [-0.15, -0.1) is 10.2 Å². The Labute approximate surface area is 161 Å². The summed E-state index contributed by atoms with van der Waals surface area (Å²) in [6.07, 6.45) is 5.02. The number of hydrogen-bond donors (Lipinski definition) is 2. The molecule has 0 unspecified atom stereocenters. The monoisotopic (exact) mass is 403 g/mol. The summed E-state index contributed by atoms with van der Waals surface area (Å²) >= 11 is 2.53. The van der Waals surface area contributed by atoms with Crippen LogP contribution in [0.1, 0.15) is 5.76 Å². The van der Waals surface area contributed by atoms with Gasteiger partial charge in [-0.05, 0) is 24.3 Å². The average molecular weight is 403 g/mol. The van der Waals surface area contributed by atoms with E-state index in [4.69, 9.17) is 4.42 Å². The van der Waals surface area contributed by atoms with Crippen LogP contribution in [-0.4, -0.2) is 26.8 Å². The van der Waals surface area contributed by atoms with Crippen molar-refractivity contribution in [2.45, 2.75) is 4.34 Å². The lowest BCUT2D eigenvalue weighted by atomic mass is 10.3. The summed E-state index contributed by atoms with van der Waals surface area (Å²) < 4.78 is 5.79. The molecular weight excluding hydrogens is 390 g/mol. The van der Waals surface area contributed by atoms with Gasteiger partial charge in [-0.1, -0.05) is 29.2 Å². The third kappa shape index (κ3) is 5.66. The van der Waals surface area contributed by atoms with Gasteiger partial charge in [0, 0.05) is 24.0 Å². The van der Waals surface area contributed by atoms with Crippen LogP contribution < -0.4 is 10.6 Å². The maximum Gasteiger partial charge on any atom is 0.271 e. The highest BCUT2D eigenvalue weighted by Crippen LogP contribution is 2.26. The number of nitrogens with one attached hydrogen (secondary N) is 2. The van der Waals surface area contributed by atoms with Crippen molar-refractivity contribution in [3.8, 4) is 0 Å². The van der Waals surface area contributed by atoms with Crippen molar-refractivity contribution in [2.24, 2.45) is 0 Å². The van der Waals surface area contributed by atoms with Crippen LogP contribution in [0.25, 0.3) is 6.08 Å². The van der Waals surface area contributed by atoms with Crippen LogP contribution >= 0.6 is 23.1 Å². The number of carbonyl (C=O) groups excluding carboxylic acids is 1. The highest BCUT2D eigenvalue weighted by atomic mass is 32.2. The molecule has 0 aliphatic heterocycles. The van der Waals surface area contributed by atoms with E-state index in [2.05, 4.69) is 20.8 Å². The normalized spacial score (nSPS) is 10.8. The van der Waals surface area contributed by atoms with E-state index in [1.807, 2.05) is 6.07 Å². The van der Waals surface area contributed by atoms with Crippen molar-refractivity contribution in [1.29, 1.82) is 0 Å². The molecule has 2 heterocycles. The number of nitrogens with zero attached hydrogens (tertiary/aromatic N) is 3. The predicted molar refractivity (Wildman–Crippen MR) is 104 cm³/mol. The second-order valence-electron chi connectivity index (χ2n) is 5.01. The van der Waals surface area contributed by atoms with Gasteiger partial charge in [-0.25, -0.2) is 0 Å². The van der Waals surface area contributed by atoms with Crippen molar-refractivity contribution in [1.82, 2.24) is 10.2 Å². The lowest BCUT2D eigenvalue weighted by Crippen LogP contribution is -2.14. The predicted octanol–water partition coefficient (Wildman–Crippen LogP) is 3.85. The summed E-state index contributed by atoms with van der Waals surface area (Å²) in [7, 11) is 0. The minimum atomic E-state index is -0.513. The molecule has 0 aliphatic rings. The molecular formula is C16H13N5O4S2. The van der Waals surface area contributed by atoms with Crippen LogP contribution in [0, 0.1) is 10.1 Å². The fraction of sp³-hybridized carbons (Fsp3) is 0.0625. The summed E-state index contributed by atoms with van der Waals surface area (Å²) in [6.45, 7) is 0. The lowest BCUT2D eigenvalue weighted by molar-refractivity contribution is -0.384. The molecule has 0 saturated carbocycles. The quantitative estimate of drug-likeness (QED) is 0.330. The van der Waals surface area contributed by atoms with E-state index in [-0.39, 0.29) is 17.3 Å². The zero-order valence-electron chi connectivity index (χ0n) is 13.7. The molecule has 0 saturated heterocycles. The van der Waals surface area contributed by atoms with Crippen molar-refractivity contribution < 1.29 is 14.1 Å². The van der Waals surface area contributed by atoms with Gasteiger partial charge < -0.3 is 15.1 Å². The SMILES string of the molecule is O=C(CSc1nnc(N/C=C/c2ccco2)s1)Nc1cccc([N+](=O)[O-])c1. The van der Waals surface area contributed by atoms with Crippen LogP contribution in [-0.2, 0) is 4.79 Å². The van der Waals surface area contributed by atoms with Gasteiger partial charge in [0.2, 0.25) is 11.0 Å². The molecule has 0 radical (unpaired) electrons. The Hall–Kier alpha value is -3.18. The third-order valence-corrected chi connectivity index (χ3v) is 5.06. The zero-order chi connectivity index (χ0) is 19.1. The number of benzene rings is 1. The molecule has 0 fully saturated rings. The van der Waals surface area contributed by atoms with Gasteiger partial charge in [0.25, 0.3) is 5.69 Å². The first-order chi connectivity index (χ1) is 13.1. The van der Waals surface area contributed by atoms with Crippen molar-refractivity contribution in [3.63, 3.8) is 0 Å². The smallest absolute Gasteiger partial charge is 0.271 e. The average Bonchev–Trinajstić information content (AvgIpc) is 3.32. The first-order valence-electron chi connectivity index (χ1n) is 7.57. The maximum atomic E-state index is 12.0. The highest BCUT2D eigenvalue weighted by molar-refractivity contribution is 8.01. The Bertz CT molecular complexity index is 955. The molecule has 27 heavy (non-hydrogen) atoms. The molecule has 0 aliphatic carbocycles. The van der Waals surface area contributed by atoms with E-state index >= 15 is 0 Å². The summed E-state index contributed by atoms with van der Waals surface area (Å²) in [5.41, 5.74) is 0.292. The van der Waals surface area contributed by atoms with Crippen LogP contribution in [0.3, 0.4) is 0 Å². The van der Waals surface area contributed by atoms with Crippen LogP contribution in [0.5, 0.6) is 0 Å². The Morgan fingerprint density at radius 1 is 1.33 bits per heavy atom. The van der Waals surface area contributed by atoms with Gasteiger partial charge in [0.15, 0.2) is 4.34 Å². The largest absolute Gasteiger partial charge is 0.465 e. The zero-order valence-corrected chi connectivity index (χ0v) is 15.3. The molecule has 2 aromatic heterocycles. The number of anilines is 2. The summed E-state index contributed by atoms with van der Waals surface area (Å²) in [4.78, 5) is 22.2. The Morgan fingerprint density at radius 3 is 3.00 bits per heavy atom. The number of furan rings is 1. The van der Waals surface area contributed by atoms with Gasteiger partial charge in [0.1, 0.15) is 5.76 Å². The van der Waals surface area contributed by atoms with Crippen molar-refractivity contribution >= 4 is 51.6 Å². The fourth-order valence-corrected chi connectivity index (χ4v) is 3.46. The van der Waals surface area contributed by atoms with E-state index in [9.17, 15) is 14.9 Å². The Morgan fingerprint density at radius 2 is 2.22 bits per heavy atom. The number of rotatable bonds is 8. The molecule has 3 aromatic rings. The molecule has 9 nitrogen and oxygen atoms in total. The van der Waals surface area contributed by atoms with Crippen molar-refractivity contribution in [3.05, 3.63) is 64.7 Å². The number of nitro benzene ring substituents is 1. The van der Waals surface area contributed by atoms with Crippen LogP contribution in [0.4, 0.5) is 16.5 Å². The molecule has 1 aromatic carbocycles. The number of aromatic nitrogens is 2. The first-order valence-corrected chi connectivity index (χ1v) is 9.37. The number of nitro groups is 1. The minimum Gasteiger partial charge on any atom is -0.465 e. The molecule has 1 amide bonds. The van der Waals surface area contributed by atoms with E-state index in [1.54, 1.807) is 30.7 Å². The maximum absolute atomic E-state index is 12.0. The van der Waals surface area contributed by atoms with E-state index < -0.39 is 4.92 Å². The van der Waals surface area contributed by atoms with E-state index in [0.717, 1.165) is 0 Å². The molecule has 3 rings (SSSR count). The number of carbonyl (C=O) groups is 1. The number of amides is 1. The Kier molecular flexibility index (Phi) is 6.18. The topological polar surface area (TPSA) is 123 Å². The molecule has 0 spiro atoms. The summed E-state index contributed by atoms with van der Waals surface area (Å²) in [5, 5.41) is 24.9. The molecule has 138 valence electrons. The molecule has 0 atom stereocenters. The lowest BCUT2D eigenvalue weighted by Gasteiger charge is -2.03. The molecule has 0 bridgehead atoms. The van der Waals surface area contributed by atoms with Crippen LogP contribution in [0.2, 0.25) is 0 Å². The van der Waals surface area contributed by atoms with Crippen LogP contribution in [0.15, 0.2) is 57.6 Å². The number of non-ortho nitro benzene ring substituents is 1. The second kappa shape index (κ2) is 8.96. The molecule has 11 heteroatoms. The highest BCUT2D eigenvalue weighted by Gasteiger charge is 2.10. The number of thioether (sulfide) groups is 1. The Balaban J connectivity index is 1.47. The standard InChI is InChI=1S/C16H13N5O4S2/c22-14(18-11-3-1-4-12(9-11)21(23)24)10-26-16-20-19-15(27-16)17-7-6-13-5-2-8-25-13/h1-9H,10H2,(H,17,19)(H,18,22)/b7-6+. The number of hydrogen-bond acceptors (Lipinski definition) is 9. The summed E-state index contributed by atoms with van der Waals surface area (Å²) in [5.74, 6) is 0.530. The van der Waals surface area contributed by atoms with Gasteiger partial charge in [-0.2, -0.15) is 0 Å². The van der Waals surface area contributed by atoms with Gasteiger partial charge in [-0.3, -0.25) is 14.9 Å². The van der Waals surface area contributed by atoms with E-state index in [0.29, 0.717) is 20.9 Å². The first kappa shape index (κ1) is 18.6. The van der Waals surface area contributed by atoms with Gasteiger partial charge in [0.05, 0.1) is 16.9 Å². The van der Waals surface area contributed by atoms with E-state index in [1.165, 1.54) is 41.3 Å². The minimum absolute atomic E-state index is 0.0807. The second-order valence-corrected chi connectivity index (χ2v) is 7.21. The van der Waals surface area contributed by atoms with Gasteiger partial charge >= 0.3 is 0 Å². The third-order valence-electron chi connectivity index (χ3n) is 3.07. The summed E-state index contributed by atoms with van der Waals surface area (Å²) in [6, 6.07) is 9.38. The fourth-order valence-electron chi connectivity index (χ4n) is 1.93. The molecule has 2 N–H and O–H groups in total.